The molecule has 0 bridgehead atoms. The smallest absolute Gasteiger partial charge is 0.242 e. The number of aliphatic imine (C=N–C) groups is 1. The first-order valence-electron chi connectivity index (χ1n) is 9.58. The minimum absolute atomic E-state index is 0.166. The number of guanidine groups is 1. The average molecular weight is 397 g/mol. The highest BCUT2D eigenvalue weighted by Crippen LogP contribution is 2.15. The van der Waals surface area contributed by atoms with Crippen molar-refractivity contribution in [3.05, 3.63) is 24.5 Å². The normalized spacial score (nSPS) is 17.0. The van der Waals surface area contributed by atoms with E-state index in [4.69, 9.17) is 0 Å². The molecule has 1 fully saturated rings. The number of sulfonamides is 1. The van der Waals surface area contributed by atoms with Crippen molar-refractivity contribution in [3.8, 4) is 0 Å². The van der Waals surface area contributed by atoms with Crippen molar-refractivity contribution >= 4 is 16.0 Å². The van der Waals surface area contributed by atoms with Crippen LogP contribution in [0.15, 0.2) is 34.4 Å². The summed E-state index contributed by atoms with van der Waals surface area (Å²) in [6, 6.07) is 3.12. The molecule has 1 aliphatic rings. The Balaban J connectivity index is 1.59. The van der Waals surface area contributed by atoms with E-state index >= 15 is 0 Å². The van der Waals surface area contributed by atoms with Gasteiger partial charge in [-0.2, -0.15) is 0 Å². The Bertz CT molecular complexity index is 672. The lowest BCUT2D eigenvalue weighted by molar-refractivity contribution is 0.191. The number of hydrogen-bond donors (Lipinski definition) is 3. The molecule has 0 atom stereocenters. The molecule has 0 saturated carbocycles. The standard InChI is InChI=1S/C18H32N6O2S/c1-16-6-13-24(14-7-16)12-4-9-21-18(19-2)22-10-11-23-27(25,26)17-5-3-8-20-15-17/h3,5,8,15-16,23H,4,6-7,9-14H2,1-2H3,(H2,19,21,22). The van der Waals surface area contributed by atoms with Crippen molar-refractivity contribution in [2.45, 2.75) is 31.1 Å². The summed E-state index contributed by atoms with van der Waals surface area (Å²) in [4.78, 5) is 10.7. The van der Waals surface area contributed by atoms with E-state index in [2.05, 4.69) is 37.2 Å². The number of likely N-dealkylation sites (tertiary alicyclic amines) is 1. The van der Waals surface area contributed by atoms with Gasteiger partial charge in [0.2, 0.25) is 10.0 Å². The second-order valence-electron chi connectivity index (χ2n) is 6.89. The molecule has 0 aromatic carbocycles. The van der Waals surface area contributed by atoms with E-state index in [0.717, 1.165) is 25.4 Å². The lowest BCUT2D eigenvalue weighted by Gasteiger charge is -2.30. The molecule has 1 aromatic rings. The van der Waals surface area contributed by atoms with Crippen LogP contribution in [0.2, 0.25) is 0 Å². The van der Waals surface area contributed by atoms with Gasteiger partial charge in [-0.25, -0.2) is 13.1 Å². The summed E-state index contributed by atoms with van der Waals surface area (Å²) < 4.78 is 26.7. The second kappa shape index (κ2) is 11.2. The predicted octanol–water partition coefficient (Wildman–Crippen LogP) is 0.647. The van der Waals surface area contributed by atoms with Crippen molar-refractivity contribution in [1.82, 2.24) is 25.2 Å². The minimum atomic E-state index is -3.52. The van der Waals surface area contributed by atoms with Gasteiger partial charge in [-0.1, -0.05) is 6.92 Å². The third-order valence-corrected chi connectivity index (χ3v) is 6.14. The number of aromatic nitrogens is 1. The quantitative estimate of drug-likeness (QED) is 0.322. The lowest BCUT2D eigenvalue weighted by atomic mass is 9.99. The number of nitrogens with zero attached hydrogens (tertiary/aromatic N) is 3. The van der Waals surface area contributed by atoms with Gasteiger partial charge in [-0.3, -0.25) is 9.98 Å². The van der Waals surface area contributed by atoms with E-state index in [0.29, 0.717) is 12.5 Å². The molecule has 3 N–H and O–H groups in total. The van der Waals surface area contributed by atoms with Gasteiger partial charge in [0.05, 0.1) is 0 Å². The van der Waals surface area contributed by atoms with Gasteiger partial charge in [-0.05, 0) is 56.9 Å². The number of hydrogen-bond acceptors (Lipinski definition) is 5. The molecular weight excluding hydrogens is 364 g/mol. The minimum Gasteiger partial charge on any atom is -0.356 e. The van der Waals surface area contributed by atoms with Crippen LogP contribution in [0.25, 0.3) is 0 Å². The van der Waals surface area contributed by atoms with Gasteiger partial charge in [0, 0.05) is 39.1 Å². The summed E-state index contributed by atoms with van der Waals surface area (Å²) in [5.74, 6) is 1.54. The zero-order valence-corrected chi connectivity index (χ0v) is 17.1. The first kappa shape index (κ1) is 21.6. The summed E-state index contributed by atoms with van der Waals surface area (Å²) in [7, 11) is -1.81. The first-order valence-corrected chi connectivity index (χ1v) is 11.1. The number of nitrogens with one attached hydrogen (secondary N) is 3. The molecule has 1 aliphatic heterocycles. The van der Waals surface area contributed by atoms with Crippen LogP contribution >= 0.6 is 0 Å². The molecule has 1 saturated heterocycles. The van der Waals surface area contributed by atoms with Crippen molar-refractivity contribution in [2.24, 2.45) is 10.9 Å². The van der Waals surface area contributed by atoms with E-state index < -0.39 is 10.0 Å². The largest absolute Gasteiger partial charge is 0.356 e. The van der Waals surface area contributed by atoms with Crippen LogP contribution in [-0.4, -0.2) is 70.6 Å². The first-order chi connectivity index (χ1) is 13.0. The Morgan fingerprint density at radius 3 is 2.67 bits per heavy atom. The topological polar surface area (TPSA) is 98.7 Å². The Labute approximate surface area is 162 Å². The molecule has 27 heavy (non-hydrogen) atoms. The molecule has 152 valence electrons. The highest BCUT2D eigenvalue weighted by atomic mass is 32.2. The summed E-state index contributed by atoms with van der Waals surface area (Å²) >= 11 is 0. The Kier molecular flexibility index (Phi) is 8.96. The maximum absolute atomic E-state index is 12.1. The fourth-order valence-electron chi connectivity index (χ4n) is 2.97. The van der Waals surface area contributed by atoms with Crippen LogP contribution in [0.1, 0.15) is 26.2 Å². The van der Waals surface area contributed by atoms with Crippen molar-refractivity contribution < 1.29 is 8.42 Å². The van der Waals surface area contributed by atoms with Crippen LogP contribution in [0, 0.1) is 5.92 Å². The highest BCUT2D eigenvalue weighted by molar-refractivity contribution is 7.89. The maximum atomic E-state index is 12.1. The molecule has 0 aliphatic carbocycles. The van der Waals surface area contributed by atoms with Gasteiger partial charge < -0.3 is 15.5 Å². The Morgan fingerprint density at radius 1 is 1.26 bits per heavy atom. The van der Waals surface area contributed by atoms with Crippen molar-refractivity contribution in [3.63, 3.8) is 0 Å². The van der Waals surface area contributed by atoms with Gasteiger partial charge in [0.15, 0.2) is 5.96 Å². The molecule has 0 amide bonds. The SMILES string of the molecule is CN=C(NCCCN1CCC(C)CC1)NCCNS(=O)(=O)c1cccnc1. The van der Waals surface area contributed by atoms with E-state index in [-0.39, 0.29) is 11.4 Å². The molecule has 2 heterocycles. The third kappa shape index (κ3) is 7.82. The zero-order valence-electron chi connectivity index (χ0n) is 16.3. The average Bonchev–Trinajstić information content (AvgIpc) is 2.69. The van der Waals surface area contributed by atoms with Crippen molar-refractivity contribution in [1.29, 1.82) is 0 Å². The predicted molar refractivity (Wildman–Crippen MR) is 108 cm³/mol. The summed E-state index contributed by atoms with van der Waals surface area (Å²) in [5, 5.41) is 6.39. The fraction of sp³-hybridized carbons (Fsp3) is 0.667. The van der Waals surface area contributed by atoms with Crippen molar-refractivity contribution in [2.75, 3.05) is 46.3 Å². The van der Waals surface area contributed by atoms with Crippen LogP contribution in [0.4, 0.5) is 0 Å². The molecule has 0 unspecified atom stereocenters. The number of piperidine rings is 1. The number of pyridine rings is 1. The summed E-state index contributed by atoms with van der Waals surface area (Å²) in [6.45, 7) is 7.38. The molecule has 2 rings (SSSR count). The van der Waals surface area contributed by atoms with Crippen LogP contribution < -0.4 is 15.4 Å². The van der Waals surface area contributed by atoms with Gasteiger partial charge in [-0.15, -0.1) is 0 Å². The van der Waals surface area contributed by atoms with E-state index in [1.807, 2.05) is 0 Å². The van der Waals surface area contributed by atoms with Gasteiger partial charge in [0.25, 0.3) is 0 Å². The molecule has 8 nitrogen and oxygen atoms in total. The van der Waals surface area contributed by atoms with Crippen LogP contribution in [0.5, 0.6) is 0 Å². The fourth-order valence-corrected chi connectivity index (χ4v) is 3.97. The van der Waals surface area contributed by atoms with Gasteiger partial charge in [0.1, 0.15) is 4.90 Å². The van der Waals surface area contributed by atoms with Gasteiger partial charge >= 0.3 is 0 Å². The summed E-state index contributed by atoms with van der Waals surface area (Å²) in [6.07, 6.45) is 6.53. The Hall–Kier alpha value is -1.71. The zero-order chi connectivity index (χ0) is 19.5. The Morgan fingerprint density at radius 2 is 2.00 bits per heavy atom. The number of rotatable bonds is 9. The van der Waals surface area contributed by atoms with E-state index in [9.17, 15) is 8.42 Å². The summed E-state index contributed by atoms with van der Waals surface area (Å²) in [5.41, 5.74) is 0. The molecular formula is C18H32N6O2S. The maximum Gasteiger partial charge on any atom is 0.242 e. The van der Waals surface area contributed by atoms with Crippen LogP contribution in [-0.2, 0) is 10.0 Å². The highest BCUT2D eigenvalue weighted by Gasteiger charge is 2.15. The van der Waals surface area contributed by atoms with E-state index in [1.54, 1.807) is 19.3 Å². The molecule has 1 aromatic heterocycles. The lowest BCUT2D eigenvalue weighted by Crippen LogP contribution is -2.42. The molecule has 0 radical (unpaired) electrons. The second-order valence-corrected chi connectivity index (χ2v) is 8.66. The molecule has 9 heteroatoms. The third-order valence-electron chi connectivity index (χ3n) is 4.70. The van der Waals surface area contributed by atoms with Crippen LogP contribution in [0.3, 0.4) is 0 Å². The molecule has 0 spiro atoms. The van der Waals surface area contributed by atoms with E-state index in [1.165, 1.54) is 38.2 Å². The monoisotopic (exact) mass is 396 g/mol.